The Bertz CT molecular complexity index is 816. The Kier molecular flexibility index (Phi) is 9.08. The number of anilines is 1. The molecule has 3 rings (SSSR count). The number of guanidine groups is 1. The van der Waals surface area contributed by atoms with Crippen LogP contribution in [0.3, 0.4) is 0 Å². The molecule has 1 aliphatic heterocycles. The fraction of sp³-hybridized carbons (Fsp3) is 0.474. The zero-order valence-corrected chi connectivity index (χ0v) is 20.2. The van der Waals surface area contributed by atoms with E-state index in [2.05, 4.69) is 41.7 Å². The largest absolute Gasteiger partial charge is 0.355 e. The standard InChI is InChI=1S/C19H27N7OS.HI/c1-4-16-23-19(28-24-16)26-11-9-25(10-12-26)18(21-3)22-13-14-5-7-15(8-6-14)17(27)20-2;/h5-8H,4,9-13H2,1-3H3,(H,20,27)(H,21,22);1H. The number of hydrogen-bond donors (Lipinski definition) is 2. The number of aliphatic imine (C=N–C) groups is 1. The third-order valence-electron chi connectivity index (χ3n) is 4.73. The number of benzene rings is 1. The number of carbonyl (C=O) groups excluding carboxylic acids is 1. The number of halogens is 1. The van der Waals surface area contributed by atoms with Crippen LogP contribution in [0, 0.1) is 0 Å². The van der Waals surface area contributed by atoms with Crippen molar-refractivity contribution in [3.63, 3.8) is 0 Å². The molecule has 1 aromatic carbocycles. The van der Waals surface area contributed by atoms with Crippen LogP contribution in [-0.4, -0.2) is 66.4 Å². The predicted molar refractivity (Wildman–Crippen MR) is 129 cm³/mol. The summed E-state index contributed by atoms with van der Waals surface area (Å²) in [6.45, 7) is 6.31. The van der Waals surface area contributed by atoms with Crippen LogP contribution in [0.1, 0.15) is 28.7 Å². The summed E-state index contributed by atoms with van der Waals surface area (Å²) in [5.41, 5.74) is 1.77. The molecule has 0 spiro atoms. The normalized spacial score (nSPS) is 14.4. The monoisotopic (exact) mass is 529 g/mol. The van der Waals surface area contributed by atoms with E-state index in [4.69, 9.17) is 0 Å². The minimum absolute atomic E-state index is 0. The highest BCUT2D eigenvalue weighted by Gasteiger charge is 2.22. The first kappa shape index (κ1) is 23.3. The van der Waals surface area contributed by atoms with Gasteiger partial charge in [-0.15, -0.1) is 24.0 Å². The molecule has 0 atom stereocenters. The van der Waals surface area contributed by atoms with Gasteiger partial charge in [0.05, 0.1) is 0 Å². The van der Waals surface area contributed by atoms with Gasteiger partial charge in [-0.3, -0.25) is 9.79 Å². The van der Waals surface area contributed by atoms with Gasteiger partial charge in [-0.25, -0.2) is 4.98 Å². The van der Waals surface area contributed by atoms with E-state index >= 15 is 0 Å². The summed E-state index contributed by atoms with van der Waals surface area (Å²) in [7, 11) is 3.44. The van der Waals surface area contributed by atoms with Crippen molar-refractivity contribution in [1.29, 1.82) is 0 Å². The van der Waals surface area contributed by atoms with E-state index in [0.717, 1.165) is 55.1 Å². The Morgan fingerprint density at radius 2 is 1.90 bits per heavy atom. The molecule has 1 aromatic heterocycles. The maximum absolute atomic E-state index is 11.6. The van der Waals surface area contributed by atoms with Gasteiger partial charge in [0.15, 0.2) is 5.96 Å². The third kappa shape index (κ3) is 6.01. The quantitative estimate of drug-likeness (QED) is 0.350. The van der Waals surface area contributed by atoms with Gasteiger partial charge in [0.25, 0.3) is 5.91 Å². The van der Waals surface area contributed by atoms with Crippen molar-refractivity contribution < 1.29 is 4.79 Å². The maximum Gasteiger partial charge on any atom is 0.251 e. The number of aromatic nitrogens is 2. The number of nitrogens with zero attached hydrogens (tertiary/aromatic N) is 5. The topological polar surface area (TPSA) is 85.8 Å². The summed E-state index contributed by atoms with van der Waals surface area (Å²) in [6.07, 6.45) is 0.872. The third-order valence-corrected chi connectivity index (χ3v) is 5.54. The number of hydrogen-bond acceptors (Lipinski definition) is 6. The Labute approximate surface area is 193 Å². The number of carbonyl (C=O) groups is 1. The minimum atomic E-state index is -0.0744. The van der Waals surface area contributed by atoms with Crippen molar-refractivity contribution in [1.82, 2.24) is 24.9 Å². The van der Waals surface area contributed by atoms with Gasteiger partial charge in [0, 0.05) is 70.3 Å². The Morgan fingerprint density at radius 3 is 2.45 bits per heavy atom. The molecule has 0 radical (unpaired) electrons. The SMILES string of the molecule is CCc1nsc(N2CCN(C(=NC)NCc3ccc(C(=O)NC)cc3)CC2)n1.I. The molecule has 1 fully saturated rings. The molecule has 2 N–H and O–H groups in total. The number of amides is 1. The summed E-state index contributed by atoms with van der Waals surface area (Å²) in [5.74, 6) is 1.73. The van der Waals surface area contributed by atoms with Crippen molar-refractivity contribution in [2.45, 2.75) is 19.9 Å². The highest BCUT2D eigenvalue weighted by molar-refractivity contribution is 14.0. The molecule has 158 valence electrons. The van der Waals surface area contributed by atoms with Crippen LogP contribution in [-0.2, 0) is 13.0 Å². The van der Waals surface area contributed by atoms with Crippen LogP contribution in [0.5, 0.6) is 0 Å². The van der Waals surface area contributed by atoms with Crippen LogP contribution in [0.2, 0.25) is 0 Å². The smallest absolute Gasteiger partial charge is 0.251 e. The maximum atomic E-state index is 11.6. The molecule has 29 heavy (non-hydrogen) atoms. The summed E-state index contributed by atoms with van der Waals surface area (Å²) in [5, 5.41) is 7.06. The fourth-order valence-corrected chi connectivity index (χ4v) is 3.86. The molecule has 1 amide bonds. The van der Waals surface area contributed by atoms with Crippen LogP contribution in [0.25, 0.3) is 0 Å². The Morgan fingerprint density at radius 1 is 1.21 bits per heavy atom. The van der Waals surface area contributed by atoms with Gasteiger partial charge >= 0.3 is 0 Å². The van der Waals surface area contributed by atoms with E-state index in [0.29, 0.717) is 12.1 Å². The zero-order chi connectivity index (χ0) is 19.9. The van der Waals surface area contributed by atoms with Crippen molar-refractivity contribution >= 4 is 52.5 Å². The lowest BCUT2D eigenvalue weighted by molar-refractivity contribution is 0.0963. The Balaban J connectivity index is 0.00000300. The fourth-order valence-electron chi connectivity index (χ4n) is 3.06. The number of nitrogens with one attached hydrogen (secondary N) is 2. The van der Waals surface area contributed by atoms with E-state index in [1.807, 2.05) is 31.3 Å². The molecule has 1 aliphatic rings. The van der Waals surface area contributed by atoms with Gasteiger partial charge in [-0.2, -0.15) is 4.37 Å². The number of aryl methyl sites for hydroxylation is 1. The van der Waals surface area contributed by atoms with Crippen LogP contribution >= 0.6 is 35.5 Å². The molecule has 10 heteroatoms. The average molecular weight is 529 g/mol. The van der Waals surface area contributed by atoms with E-state index in [1.165, 1.54) is 11.5 Å². The molecular weight excluding hydrogens is 501 g/mol. The van der Waals surface area contributed by atoms with Gasteiger partial charge in [0.1, 0.15) is 5.82 Å². The molecule has 0 unspecified atom stereocenters. The molecule has 0 aliphatic carbocycles. The molecule has 0 bridgehead atoms. The molecule has 1 saturated heterocycles. The minimum Gasteiger partial charge on any atom is -0.355 e. The average Bonchev–Trinajstić information content (AvgIpc) is 3.24. The summed E-state index contributed by atoms with van der Waals surface area (Å²) in [4.78, 5) is 25.2. The molecule has 8 nitrogen and oxygen atoms in total. The second kappa shape index (κ2) is 11.3. The summed E-state index contributed by atoms with van der Waals surface area (Å²) < 4.78 is 4.38. The predicted octanol–water partition coefficient (Wildman–Crippen LogP) is 1.98. The number of piperazine rings is 1. The van der Waals surface area contributed by atoms with E-state index in [1.54, 1.807) is 7.05 Å². The molecule has 2 aromatic rings. The van der Waals surface area contributed by atoms with Crippen molar-refractivity contribution in [2.24, 2.45) is 4.99 Å². The lowest BCUT2D eigenvalue weighted by Crippen LogP contribution is -2.52. The Hall–Kier alpha value is -1.95. The van der Waals surface area contributed by atoms with Gasteiger partial charge in [0.2, 0.25) is 5.13 Å². The van der Waals surface area contributed by atoms with Crippen molar-refractivity contribution in [3.8, 4) is 0 Å². The molecule has 0 saturated carbocycles. The summed E-state index contributed by atoms with van der Waals surface area (Å²) >= 11 is 1.48. The van der Waals surface area contributed by atoms with E-state index in [-0.39, 0.29) is 29.9 Å². The van der Waals surface area contributed by atoms with Gasteiger partial charge in [-0.05, 0) is 17.7 Å². The molecular formula is C19H28IN7OS. The highest BCUT2D eigenvalue weighted by atomic mass is 127. The van der Waals surface area contributed by atoms with Gasteiger partial charge in [-0.1, -0.05) is 19.1 Å². The first-order chi connectivity index (χ1) is 13.6. The zero-order valence-electron chi connectivity index (χ0n) is 17.0. The van der Waals surface area contributed by atoms with Gasteiger partial charge < -0.3 is 20.4 Å². The summed E-state index contributed by atoms with van der Waals surface area (Å²) in [6, 6.07) is 7.60. The van der Waals surface area contributed by atoms with Crippen molar-refractivity contribution in [2.75, 3.05) is 45.2 Å². The lowest BCUT2D eigenvalue weighted by Gasteiger charge is -2.36. The van der Waals surface area contributed by atoms with E-state index in [9.17, 15) is 4.79 Å². The van der Waals surface area contributed by atoms with Crippen LogP contribution in [0.4, 0.5) is 5.13 Å². The molecule has 2 heterocycles. The lowest BCUT2D eigenvalue weighted by atomic mass is 10.1. The van der Waals surface area contributed by atoms with E-state index < -0.39 is 0 Å². The van der Waals surface area contributed by atoms with Crippen LogP contribution < -0.4 is 15.5 Å². The first-order valence-electron chi connectivity index (χ1n) is 9.48. The van der Waals surface area contributed by atoms with Crippen LogP contribution in [0.15, 0.2) is 29.3 Å². The first-order valence-corrected chi connectivity index (χ1v) is 10.3. The second-order valence-electron chi connectivity index (χ2n) is 6.50. The highest BCUT2D eigenvalue weighted by Crippen LogP contribution is 2.19. The van der Waals surface area contributed by atoms with Crippen molar-refractivity contribution in [3.05, 3.63) is 41.2 Å². The number of rotatable bonds is 5. The second-order valence-corrected chi connectivity index (χ2v) is 7.23.